The molecule has 0 aliphatic heterocycles. The molecule has 0 spiro atoms. The third kappa shape index (κ3) is 2.34. The molecule has 1 rings (SSSR count). The summed E-state index contributed by atoms with van der Waals surface area (Å²) < 4.78 is 0. The Morgan fingerprint density at radius 1 is 1.33 bits per heavy atom. The lowest BCUT2D eigenvalue weighted by molar-refractivity contribution is -0.315. The second-order valence-corrected chi connectivity index (χ2v) is 2.13. The molecular formula is C8H11NO3. The summed E-state index contributed by atoms with van der Waals surface area (Å²) in [5, 5.41) is 19.1. The number of aliphatic hydroxyl groups excluding tert-OH is 1. The molecule has 4 nitrogen and oxygen atoms in total. The zero-order valence-corrected chi connectivity index (χ0v) is 6.73. The lowest BCUT2D eigenvalue weighted by atomic mass is 10.1. The number of aliphatic hydroxyl groups is 1. The first-order valence-electron chi connectivity index (χ1n) is 3.15. The Balaban J connectivity index is 0.00000121. The van der Waals surface area contributed by atoms with Crippen molar-refractivity contribution in [2.45, 2.75) is 6.10 Å². The van der Waals surface area contributed by atoms with Crippen LogP contribution in [0.25, 0.3) is 0 Å². The Labute approximate surface area is 70.0 Å². The summed E-state index contributed by atoms with van der Waals surface area (Å²) in [6.07, 6.45) is -1.52. The van der Waals surface area contributed by atoms with Gasteiger partial charge in [0.1, 0.15) is 6.10 Å². The minimum atomic E-state index is -1.52. The van der Waals surface area contributed by atoms with Crippen LogP contribution >= 0.6 is 0 Å². The molecule has 0 bridgehead atoms. The Morgan fingerprint density at radius 2 is 1.83 bits per heavy atom. The summed E-state index contributed by atoms with van der Waals surface area (Å²) in [5.41, 5.74) is 0.340. The fourth-order valence-electron chi connectivity index (χ4n) is 0.771. The molecule has 0 aliphatic carbocycles. The molecule has 12 heavy (non-hydrogen) atoms. The summed E-state index contributed by atoms with van der Waals surface area (Å²) in [7, 11) is 0. The van der Waals surface area contributed by atoms with Crippen molar-refractivity contribution < 1.29 is 15.0 Å². The molecule has 0 aliphatic rings. The third-order valence-corrected chi connectivity index (χ3v) is 1.34. The molecule has 0 fully saturated rings. The number of aliphatic carboxylic acids is 1. The van der Waals surface area contributed by atoms with Crippen LogP contribution in [-0.4, -0.2) is 11.1 Å². The SMILES string of the molecule is O=C([O-])C(O)c1ccccc1.[NH4+]. The van der Waals surface area contributed by atoms with Gasteiger partial charge in [-0.15, -0.1) is 0 Å². The fraction of sp³-hybridized carbons (Fsp3) is 0.125. The van der Waals surface area contributed by atoms with E-state index in [2.05, 4.69) is 0 Å². The molecule has 1 aromatic rings. The lowest BCUT2D eigenvalue weighted by Gasteiger charge is -2.10. The van der Waals surface area contributed by atoms with Crippen LogP contribution in [-0.2, 0) is 4.79 Å². The minimum absolute atomic E-state index is 0. The molecule has 1 atom stereocenters. The molecule has 0 radical (unpaired) electrons. The first-order chi connectivity index (χ1) is 5.22. The van der Waals surface area contributed by atoms with E-state index < -0.39 is 12.1 Å². The van der Waals surface area contributed by atoms with Crippen LogP contribution in [0.4, 0.5) is 0 Å². The average molecular weight is 169 g/mol. The molecule has 0 saturated carbocycles. The first-order valence-corrected chi connectivity index (χ1v) is 3.15. The predicted molar refractivity (Wildman–Crippen MR) is 42.4 cm³/mol. The van der Waals surface area contributed by atoms with E-state index in [-0.39, 0.29) is 6.15 Å². The van der Waals surface area contributed by atoms with Crippen molar-refractivity contribution in [2.75, 3.05) is 0 Å². The molecule has 66 valence electrons. The second-order valence-electron chi connectivity index (χ2n) is 2.13. The van der Waals surface area contributed by atoms with E-state index in [4.69, 9.17) is 5.11 Å². The maximum atomic E-state index is 10.1. The Bertz CT molecular complexity index is 248. The number of benzene rings is 1. The van der Waals surface area contributed by atoms with Crippen molar-refractivity contribution in [1.82, 2.24) is 6.15 Å². The number of hydrogen-bond donors (Lipinski definition) is 2. The lowest BCUT2D eigenvalue weighted by Crippen LogP contribution is -2.29. The average Bonchev–Trinajstić information content (AvgIpc) is 2.05. The third-order valence-electron chi connectivity index (χ3n) is 1.34. The number of carbonyl (C=O) groups is 1. The number of rotatable bonds is 2. The number of quaternary nitrogens is 1. The highest BCUT2D eigenvalue weighted by Gasteiger charge is 2.05. The molecule has 4 heteroatoms. The van der Waals surface area contributed by atoms with Crippen molar-refractivity contribution in [2.24, 2.45) is 0 Å². The number of hydrogen-bond acceptors (Lipinski definition) is 3. The maximum Gasteiger partial charge on any atom is 0.118 e. The number of carboxylic acids is 1. The monoisotopic (exact) mass is 169 g/mol. The van der Waals surface area contributed by atoms with E-state index in [1.807, 2.05) is 0 Å². The summed E-state index contributed by atoms with van der Waals surface area (Å²) in [6.45, 7) is 0. The predicted octanol–water partition coefficient (Wildman–Crippen LogP) is -0.154. The summed E-state index contributed by atoms with van der Waals surface area (Å²) in [5.74, 6) is -1.48. The Morgan fingerprint density at radius 3 is 2.25 bits per heavy atom. The van der Waals surface area contributed by atoms with Gasteiger partial charge in [-0.1, -0.05) is 30.3 Å². The molecule has 0 aromatic heterocycles. The van der Waals surface area contributed by atoms with Gasteiger partial charge in [-0.2, -0.15) is 0 Å². The highest BCUT2D eigenvalue weighted by molar-refractivity contribution is 5.71. The van der Waals surface area contributed by atoms with Crippen molar-refractivity contribution in [3.63, 3.8) is 0 Å². The van der Waals surface area contributed by atoms with Crippen molar-refractivity contribution in [3.05, 3.63) is 35.9 Å². The van der Waals surface area contributed by atoms with Gasteiger partial charge in [-0.25, -0.2) is 0 Å². The number of carboxylic acid groups (broad SMARTS) is 1. The molecule has 0 amide bonds. The molecule has 1 aromatic carbocycles. The quantitative estimate of drug-likeness (QED) is 0.644. The fourth-order valence-corrected chi connectivity index (χ4v) is 0.771. The Kier molecular flexibility index (Phi) is 3.96. The van der Waals surface area contributed by atoms with Crippen LogP contribution in [0.15, 0.2) is 30.3 Å². The summed E-state index contributed by atoms with van der Waals surface area (Å²) in [6, 6.07) is 8.11. The standard InChI is InChI=1S/C8H8O3.H3N/c9-7(8(10)11)6-4-2-1-3-5-6;/h1-5,7,9H,(H,10,11);1H3. The van der Waals surface area contributed by atoms with Crippen LogP contribution < -0.4 is 11.3 Å². The summed E-state index contributed by atoms with van der Waals surface area (Å²) >= 11 is 0. The van der Waals surface area contributed by atoms with E-state index in [1.165, 1.54) is 12.1 Å². The molecule has 5 N–H and O–H groups in total. The smallest absolute Gasteiger partial charge is 0.118 e. The molecular weight excluding hydrogens is 158 g/mol. The zero-order valence-electron chi connectivity index (χ0n) is 6.73. The van der Waals surface area contributed by atoms with E-state index in [9.17, 15) is 9.90 Å². The number of carbonyl (C=O) groups excluding carboxylic acids is 1. The zero-order chi connectivity index (χ0) is 8.27. The van der Waals surface area contributed by atoms with Gasteiger partial charge in [0.15, 0.2) is 0 Å². The maximum absolute atomic E-state index is 10.1. The first kappa shape index (κ1) is 10.6. The van der Waals surface area contributed by atoms with Gasteiger partial charge in [0, 0.05) is 0 Å². The topological polar surface area (TPSA) is 96.9 Å². The van der Waals surface area contributed by atoms with Crippen LogP contribution in [0.2, 0.25) is 0 Å². The van der Waals surface area contributed by atoms with E-state index >= 15 is 0 Å². The van der Waals surface area contributed by atoms with Gasteiger partial charge in [-0.05, 0) is 5.56 Å². The van der Waals surface area contributed by atoms with E-state index in [1.54, 1.807) is 18.2 Å². The van der Waals surface area contributed by atoms with Crippen LogP contribution in [0, 0.1) is 0 Å². The molecule has 0 heterocycles. The highest BCUT2D eigenvalue weighted by atomic mass is 16.4. The summed E-state index contributed by atoms with van der Waals surface area (Å²) in [4.78, 5) is 10.1. The highest BCUT2D eigenvalue weighted by Crippen LogP contribution is 2.09. The van der Waals surface area contributed by atoms with Gasteiger partial charge in [0.05, 0.1) is 5.97 Å². The van der Waals surface area contributed by atoms with Gasteiger partial charge in [-0.3, -0.25) is 0 Å². The van der Waals surface area contributed by atoms with Crippen LogP contribution in [0.5, 0.6) is 0 Å². The van der Waals surface area contributed by atoms with E-state index in [0.717, 1.165) is 0 Å². The largest absolute Gasteiger partial charge is 0.547 e. The van der Waals surface area contributed by atoms with Crippen molar-refractivity contribution in [3.8, 4) is 0 Å². The second kappa shape index (κ2) is 4.48. The minimum Gasteiger partial charge on any atom is -0.547 e. The van der Waals surface area contributed by atoms with Crippen molar-refractivity contribution >= 4 is 5.97 Å². The van der Waals surface area contributed by atoms with Crippen LogP contribution in [0.1, 0.15) is 11.7 Å². The van der Waals surface area contributed by atoms with Crippen LogP contribution in [0.3, 0.4) is 0 Å². The van der Waals surface area contributed by atoms with Gasteiger partial charge in [0.25, 0.3) is 0 Å². The van der Waals surface area contributed by atoms with Gasteiger partial charge in [0.2, 0.25) is 0 Å². The van der Waals surface area contributed by atoms with E-state index in [0.29, 0.717) is 5.56 Å². The van der Waals surface area contributed by atoms with Crippen molar-refractivity contribution in [1.29, 1.82) is 0 Å². The molecule has 1 unspecified atom stereocenters. The normalized spacial score (nSPS) is 11.4. The van der Waals surface area contributed by atoms with Gasteiger partial charge < -0.3 is 21.2 Å². The molecule has 0 saturated heterocycles. The Hall–Kier alpha value is -1.39. The van der Waals surface area contributed by atoms with Gasteiger partial charge >= 0.3 is 0 Å².